The van der Waals surface area contributed by atoms with Crippen LogP contribution in [0.4, 0.5) is 9.59 Å². The SMILES string of the molecule is CCCN(Cc1ncc(-c2ccc3c(c2)C(=O)c2cc(-c4cnc(CN(CCC)C(=O)OC(C)(C)C)[nH]4)ccc2-3)[nH]1)C(=O)OC(C)(C)C. The van der Waals surface area contributed by atoms with Crippen LogP contribution in [0.25, 0.3) is 33.6 Å². The third kappa shape index (κ3) is 7.95. The Morgan fingerprint density at radius 1 is 0.667 bits per heavy atom. The van der Waals surface area contributed by atoms with Gasteiger partial charge < -0.3 is 29.2 Å². The molecule has 11 nitrogen and oxygen atoms in total. The molecule has 0 unspecified atom stereocenters. The number of nitrogens with one attached hydrogen (secondary N) is 2. The highest BCUT2D eigenvalue weighted by Crippen LogP contribution is 2.40. The van der Waals surface area contributed by atoms with Gasteiger partial charge in [0.1, 0.15) is 22.9 Å². The maximum absolute atomic E-state index is 13.7. The van der Waals surface area contributed by atoms with E-state index in [2.05, 4.69) is 19.9 Å². The molecule has 0 bridgehead atoms. The summed E-state index contributed by atoms with van der Waals surface area (Å²) in [6.45, 7) is 16.8. The summed E-state index contributed by atoms with van der Waals surface area (Å²) in [4.78, 5) is 58.2. The number of ketones is 1. The minimum atomic E-state index is -0.590. The van der Waals surface area contributed by atoms with Crippen LogP contribution < -0.4 is 0 Å². The molecule has 1 aliphatic carbocycles. The van der Waals surface area contributed by atoms with Gasteiger partial charge in [0.2, 0.25) is 0 Å². The lowest BCUT2D eigenvalue weighted by atomic mass is 10.0. The van der Waals surface area contributed by atoms with E-state index in [4.69, 9.17) is 9.47 Å². The van der Waals surface area contributed by atoms with E-state index >= 15 is 0 Å². The van der Waals surface area contributed by atoms with Crippen molar-refractivity contribution in [1.29, 1.82) is 0 Å². The first-order chi connectivity index (χ1) is 22.7. The predicted molar refractivity (Wildman–Crippen MR) is 184 cm³/mol. The zero-order chi connectivity index (χ0) is 34.8. The summed E-state index contributed by atoms with van der Waals surface area (Å²) in [5.41, 5.74) is 4.98. The molecule has 0 spiro atoms. The summed E-state index contributed by atoms with van der Waals surface area (Å²) in [7, 11) is 0. The number of carbonyl (C=O) groups excluding carboxylic acids is 3. The van der Waals surface area contributed by atoms with Gasteiger partial charge in [0.25, 0.3) is 0 Å². The zero-order valence-electron chi connectivity index (χ0n) is 29.2. The van der Waals surface area contributed by atoms with Crippen molar-refractivity contribution in [1.82, 2.24) is 29.7 Å². The number of ether oxygens (including phenoxy) is 2. The molecule has 2 N–H and O–H groups in total. The van der Waals surface area contributed by atoms with Gasteiger partial charge in [0, 0.05) is 35.3 Å². The minimum Gasteiger partial charge on any atom is -0.444 e. The van der Waals surface area contributed by atoms with E-state index in [1.54, 1.807) is 22.2 Å². The van der Waals surface area contributed by atoms with E-state index in [-0.39, 0.29) is 31.1 Å². The molecular weight excluding hydrogens is 608 g/mol. The number of nitrogens with zero attached hydrogens (tertiary/aromatic N) is 4. The van der Waals surface area contributed by atoms with Crippen LogP contribution in [0.15, 0.2) is 48.8 Å². The van der Waals surface area contributed by atoms with Crippen molar-refractivity contribution in [2.75, 3.05) is 13.1 Å². The van der Waals surface area contributed by atoms with Crippen molar-refractivity contribution in [2.45, 2.75) is 92.5 Å². The number of rotatable bonds is 10. The van der Waals surface area contributed by atoms with Gasteiger partial charge in [-0.15, -0.1) is 0 Å². The van der Waals surface area contributed by atoms with Crippen molar-refractivity contribution in [3.05, 3.63) is 71.6 Å². The molecule has 11 heteroatoms. The Morgan fingerprint density at radius 2 is 1.06 bits per heavy atom. The van der Waals surface area contributed by atoms with Crippen molar-refractivity contribution in [3.63, 3.8) is 0 Å². The number of hydrogen-bond donors (Lipinski definition) is 2. The third-order valence-corrected chi connectivity index (χ3v) is 7.67. The number of fused-ring (bicyclic) bond motifs is 3. The summed E-state index contributed by atoms with van der Waals surface area (Å²) in [6, 6.07) is 11.6. The molecule has 0 saturated carbocycles. The van der Waals surface area contributed by atoms with E-state index < -0.39 is 11.2 Å². The number of carbonyl (C=O) groups is 3. The van der Waals surface area contributed by atoms with Crippen LogP contribution in [0.5, 0.6) is 0 Å². The molecular formula is C37H46N6O5. The van der Waals surface area contributed by atoms with E-state index in [1.807, 2.05) is 91.8 Å². The molecule has 4 aromatic rings. The predicted octanol–water partition coefficient (Wildman–Crippen LogP) is 7.97. The average Bonchev–Trinajstić information content (AvgIpc) is 3.73. The summed E-state index contributed by atoms with van der Waals surface area (Å²) in [5, 5.41) is 0. The molecule has 0 fully saturated rings. The molecule has 1 aliphatic rings. The second-order valence-corrected chi connectivity index (χ2v) is 14.1. The second kappa shape index (κ2) is 13.7. The molecule has 2 heterocycles. The Hall–Kier alpha value is -4.93. The fourth-order valence-electron chi connectivity index (χ4n) is 5.62. The van der Waals surface area contributed by atoms with Gasteiger partial charge in [-0.25, -0.2) is 19.6 Å². The Balaban J connectivity index is 1.31. The van der Waals surface area contributed by atoms with Crippen molar-refractivity contribution < 1.29 is 23.9 Å². The van der Waals surface area contributed by atoms with Crippen LogP contribution in [0.2, 0.25) is 0 Å². The van der Waals surface area contributed by atoms with Crippen LogP contribution in [0.1, 0.15) is 95.8 Å². The van der Waals surface area contributed by atoms with Gasteiger partial charge >= 0.3 is 12.2 Å². The zero-order valence-corrected chi connectivity index (χ0v) is 29.2. The Labute approximate surface area is 282 Å². The third-order valence-electron chi connectivity index (χ3n) is 7.67. The second-order valence-electron chi connectivity index (χ2n) is 14.1. The van der Waals surface area contributed by atoms with Crippen molar-refractivity contribution in [2.24, 2.45) is 0 Å². The molecule has 0 aliphatic heterocycles. The first-order valence-electron chi connectivity index (χ1n) is 16.5. The monoisotopic (exact) mass is 654 g/mol. The smallest absolute Gasteiger partial charge is 0.410 e. The van der Waals surface area contributed by atoms with Crippen molar-refractivity contribution in [3.8, 4) is 33.6 Å². The Bertz CT molecular complexity index is 1680. The molecule has 254 valence electrons. The fourth-order valence-corrected chi connectivity index (χ4v) is 5.62. The Morgan fingerprint density at radius 3 is 1.42 bits per heavy atom. The number of benzene rings is 2. The highest BCUT2D eigenvalue weighted by Gasteiger charge is 2.29. The van der Waals surface area contributed by atoms with Crippen LogP contribution in [-0.2, 0) is 22.6 Å². The summed E-state index contributed by atoms with van der Waals surface area (Å²) < 4.78 is 11.2. The average molecular weight is 655 g/mol. The van der Waals surface area contributed by atoms with Gasteiger partial charge in [0.15, 0.2) is 5.78 Å². The molecule has 0 saturated heterocycles. The molecule has 2 aromatic heterocycles. The lowest BCUT2D eigenvalue weighted by Crippen LogP contribution is -2.37. The van der Waals surface area contributed by atoms with E-state index in [9.17, 15) is 14.4 Å². The molecule has 2 aromatic carbocycles. The van der Waals surface area contributed by atoms with Gasteiger partial charge in [-0.2, -0.15) is 0 Å². The van der Waals surface area contributed by atoms with E-state index in [0.29, 0.717) is 35.9 Å². The van der Waals surface area contributed by atoms with Crippen LogP contribution in [0, 0.1) is 0 Å². The molecule has 0 radical (unpaired) electrons. The Kier molecular flexibility index (Phi) is 9.79. The summed E-state index contributed by atoms with van der Waals surface area (Å²) >= 11 is 0. The maximum Gasteiger partial charge on any atom is 0.410 e. The van der Waals surface area contributed by atoms with Gasteiger partial charge in [-0.1, -0.05) is 38.1 Å². The van der Waals surface area contributed by atoms with Crippen LogP contribution in [-0.4, -0.2) is 72.0 Å². The van der Waals surface area contributed by atoms with Gasteiger partial charge in [-0.3, -0.25) is 4.79 Å². The topological polar surface area (TPSA) is 134 Å². The first-order valence-corrected chi connectivity index (χ1v) is 16.5. The number of aromatic nitrogens is 4. The largest absolute Gasteiger partial charge is 0.444 e. The standard InChI is InChI=1S/C37H46N6O5/c1-9-15-42(34(45)47-36(3,4)5)21-31-38-19-29(40-31)23-11-13-25-26-14-12-24(18-28(26)33(44)27(25)17-23)30-20-39-32(41-30)22-43(16-10-2)35(46)48-37(6,7)8/h11-14,17-20H,9-10,15-16,21-22H2,1-8H3,(H,38,40)(H,39,41). The lowest BCUT2D eigenvalue weighted by Gasteiger charge is -2.26. The minimum absolute atomic E-state index is 0.0544. The molecule has 48 heavy (non-hydrogen) atoms. The van der Waals surface area contributed by atoms with E-state index in [1.165, 1.54) is 0 Å². The first kappa shape index (κ1) is 34.4. The molecule has 0 atom stereocenters. The molecule has 5 rings (SSSR count). The number of amides is 2. The van der Waals surface area contributed by atoms with E-state index in [0.717, 1.165) is 46.5 Å². The highest BCUT2D eigenvalue weighted by atomic mass is 16.6. The lowest BCUT2D eigenvalue weighted by molar-refractivity contribution is 0.0219. The van der Waals surface area contributed by atoms with Crippen molar-refractivity contribution >= 4 is 18.0 Å². The maximum atomic E-state index is 13.7. The van der Waals surface area contributed by atoms with Gasteiger partial charge in [0.05, 0.1) is 36.9 Å². The van der Waals surface area contributed by atoms with Gasteiger partial charge in [-0.05, 0) is 77.6 Å². The number of imidazole rings is 2. The van der Waals surface area contributed by atoms with Crippen LogP contribution in [0.3, 0.4) is 0 Å². The molecule has 2 amide bonds. The quantitative estimate of drug-likeness (QED) is 0.156. The summed E-state index contributed by atoms with van der Waals surface area (Å²) in [6.07, 6.45) is 4.26. The normalized spacial score (nSPS) is 12.5. The van der Waals surface area contributed by atoms with Crippen LogP contribution >= 0.6 is 0 Å². The number of aromatic amines is 2. The number of hydrogen-bond acceptors (Lipinski definition) is 7. The number of H-pyrrole nitrogens is 2. The highest BCUT2D eigenvalue weighted by molar-refractivity contribution is 6.22. The fraction of sp³-hybridized carbons (Fsp3) is 0.432. The summed E-state index contributed by atoms with van der Waals surface area (Å²) in [5.74, 6) is 1.21.